The summed E-state index contributed by atoms with van der Waals surface area (Å²) in [6, 6.07) is 6.03. The molecule has 0 bridgehead atoms. The molecule has 0 spiro atoms. The summed E-state index contributed by atoms with van der Waals surface area (Å²) in [6.45, 7) is 0.714. The maximum absolute atomic E-state index is 10.8. The van der Waals surface area contributed by atoms with Crippen molar-refractivity contribution in [1.82, 2.24) is 0 Å². The van der Waals surface area contributed by atoms with E-state index in [4.69, 9.17) is 8.98 Å². The van der Waals surface area contributed by atoms with Gasteiger partial charge in [-0.15, -0.1) is 0 Å². The summed E-state index contributed by atoms with van der Waals surface area (Å²) in [4.78, 5) is -0.0902. The molecule has 16 heavy (non-hydrogen) atoms. The molecule has 0 amide bonds. The highest BCUT2D eigenvalue weighted by molar-refractivity contribution is 7.85. The second-order valence-electron chi connectivity index (χ2n) is 3.23. The summed E-state index contributed by atoms with van der Waals surface area (Å²) in [6.07, 6.45) is 4.68. The van der Waals surface area contributed by atoms with Crippen LogP contribution < -0.4 is 0 Å². The predicted octanol–water partition coefficient (Wildman–Crippen LogP) is 0.634. The van der Waals surface area contributed by atoms with Gasteiger partial charge in [-0.25, -0.2) is 0 Å². The average Bonchev–Trinajstić information content (AvgIpc) is 2.24. The van der Waals surface area contributed by atoms with E-state index in [1.807, 2.05) is 12.2 Å². The minimum absolute atomic E-state index is 0.0902. The number of rotatable bonds is 5. The molecule has 0 fully saturated rings. The van der Waals surface area contributed by atoms with Crippen molar-refractivity contribution in [2.75, 3.05) is 6.61 Å². The zero-order valence-electron chi connectivity index (χ0n) is 8.96. The first kappa shape index (κ1) is 13.1. The molecule has 0 aliphatic heterocycles. The predicted molar refractivity (Wildman–Crippen MR) is 65.8 cm³/mol. The van der Waals surface area contributed by atoms with Crippen molar-refractivity contribution in [1.29, 1.82) is 0 Å². The standard InChI is InChI=1S/C10H14O4SSi/c11-15(12,13)10-6-4-9(5-7-10)3-1-2-8-14-16/h1,3-7H,2,8H2,16H3,(H,11,12,13). The van der Waals surface area contributed by atoms with Crippen LogP contribution in [0, 0.1) is 0 Å². The summed E-state index contributed by atoms with van der Waals surface area (Å²) in [7, 11) is -3.35. The van der Waals surface area contributed by atoms with Gasteiger partial charge in [-0.2, -0.15) is 8.42 Å². The van der Waals surface area contributed by atoms with Gasteiger partial charge in [-0.05, 0) is 24.1 Å². The largest absolute Gasteiger partial charge is 0.428 e. The molecular weight excluding hydrogens is 244 g/mol. The van der Waals surface area contributed by atoms with Crippen molar-refractivity contribution in [2.45, 2.75) is 11.3 Å². The lowest BCUT2D eigenvalue weighted by molar-refractivity contribution is 0.358. The Kier molecular flexibility index (Phi) is 4.88. The Bertz CT molecular complexity index is 450. The normalized spacial score (nSPS) is 12.3. The van der Waals surface area contributed by atoms with Gasteiger partial charge < -0.3 is 4.43 Å². The molecule has 1 aromatic carbocycles. The molecule has 0 aromatic heterocycles. The van der Waals surface area contributed by atoms with Crippen molar-refractivity contribution in [3.8, 4) is 0 Å². The molecule has 4 nitrogen and oxygen atoms in total. The van der Waals surface area contributed by atoms with Gasteiger partial charge in [0.1, 0.15) is 10.5 Å². The van der Waals surface area contributed by atoms with E-state index in [9.17, 15) is 8.42 Å². The lowest BCUT2D eigenvalue weighted by atomic mass is 10.2. The first-order chi connectivity index (χ1) is 7.54. The van der Waals surface area contributed by atoms with Gasteiger partial charge in [-0.1, -0.05) is 24.3 Å². The Morgan fingerprint density at radius 3 is 2.44 bits per heavy atom. The molecule has 1 N–H and O–H groups in total. The maximum atomic E-state index is 10.8. The summed E-state index contributed by atoms with van der Waals surface area (Å²) >= 11 is 0. The van der Waals surface area contributed by atoms with Gasteiger partial charge >= 0.3 is 0 Å². The third-order valence-corrected chi connectivity index (χ3v) is 3.25. The summed E-state index contributed by atoms with van der Waals surface area (Å²) in [5.74, 6) is 0. The summed E-state index contributed by atoms with van der Waals surface area (Å²) in [5, 5.41) is 0. The van der Waals surface area contributed by atoms with E-state index in [0.29, 0.717) is 6.61 Å². The van der Waals surface area contributed by atoms with E-state index in [1.165, 1.54) is 12.1 Å². The molecule has 0 radical (unpaired) electrons. The molecule has 0 atom stereocenters. The Labute approximate surface area is 98.2 Å². The molecule has 6 heteroatoms. The van der Waals surface area contributed by atoms with Crippen LogP contribution >= 0.6 is 0 Å². The van der Waals surface area contributed by atoms with E-state index in [0.717, 1.165) is 22.5 Å². The van der Waals surface area contributed by atoms with Gasteiger partial charge in [0.2, 0.25) is 0 Å². The van der Waals surface area contributed by atoms with Crippen LogP contribution in [-0.4, -0.2) is 30.1 Å². The summed E-state index contributed by atoms with van der Waals surface area (Å²) < 4.78 is 35.3. The van der Waals surface area contributed by atoms with Crippen LogP contribution in [0.25, 0.3) is 6.08 Å². The SMILES string of the molecule is O=S(=O)(O)c1ccc(C=CCCO[SiH3])cc1. The second kappa shape index (κ2) is 5.95. The zero-order chi connectivity index (χ0) is 12.0. The smallest absolute Gasteiger partial charge is 0.294 e. The van der Waals surface area contributed by atoms with Crippen molar-refractivity contribution < 1.29 is 17.4 Å². The maximum Gasteiger partial charge on any atom is 0.294 e. The fourth-order valence-corrected chi connectivity index (χ4v) is 1.87. The molecule has 1 aromatic rings. The monoisotopic (exact) mass is 258 g/mol. The summed E-state index contributed by atoms with van der Waals surface area (Å²) in [5.41, 5.74) is 0.890. The Hall–Kier alpha value is -0.953. The fraction of sp³-hybridized carbons (Fsp3) is 0.200. The van der Waals surface area contributed by atoms with Crippen LogP contribution in [0.1, 0.15) is 12.0 Å². The molecule has 88 valence electrons. The third-order valence-electron chi connectivity index (χ3n) is 1.98. The molecular formula is C10H14O4SSi. The van der Waals surface area contributed by atoms with Crippen molar-refractivity contribution >= 4 is 26.7 Å². The molecule has 0 saturated heterocycles. The highest BCUT2D eigenvalue weighted by Gasteiger charge is 2.07. The van der Waals surface area contributed by atoms with Crippen molar-refractivity contribution in [2.24, 2.45) is 0 Å². The minimum Gasteiger partial charge on any atom is -0.428 e. The number of benzene rings is 1. The van der Waals surface area contributed by atoms with Gasteiger partial charge in [0.15, 0.2) is 0 Å². The van der Waals surface area contributed by atoms with Crippen LogP contribution in [0.4, 0.5) is 0 Å². The van der Waals surface area contributed by atoms with Gasteiger partial charge in [-0.3, -0.25) is 4.55 Å². The quantitative estimate of drug-likeness (QED) is 0.478. The molecule has 0 heterocycles. The molecule has 1 rings (SSSR count). The van der Waals surface area contributed by atoms with Crippen LogP contribution in [-0.2, 0) is 14.5 Å². The lowest BCUT2D eigenvalue weighted by Crippen LogP contribution is -1.97. The molecule has 0 unspecified atom stereocenters. The van der Waals surface area contributed by atoms with E-state index in [-0.39, 0.29) is 4.90 Å². The number of hydrogen-bond donors (Lipinski definition) is 1. The van der Waals surface area contributed by atoms with E-state index in [1.54, 1.807) is 12.1 Å². The van der Waals surface area contributed by atoms with Crippen LogP contribution in [0.5, 0.6) is 0 Å². The lowest BCUT2D eigenvalue weighted by Gasteiger charge is -1.97. The highest BCUT2D eigenvalue weighted by Crippen LogP contribution is 2.11. The zero-order valence-corrected chi connectivity index (χ0v) is 11.8. The van der Waals surface area contributed by atoms with Crippen LogP contribution in [0.2, 0.25) is 0 Å². The molecule has 0 aliphatic rings. The van der Waals surface area contributed by atoms with Gasteiger partial charge in [0.05, 0.1) is 4.90 Å². The first-order valence-corrected chi connectivity index (χ1v) is 7.03. The Morgan fingerprint density at radius 2 is 1.94 bits per heavy atom. The van der Waals surface area contributed by atoms with E-state index >= 15 is 0 Å². The molecule has 0 saturated carbocycles. The van der Waals surface area contributed by atoms with Crippen molar-refractivity contribution in [3.63, 3.8) is 0 Å². The minimum atomic E-state index is -4.09. The topological polar surface area (TPSA) is 63.6 Å². The average molecular weight is 258 g/mol. The first-order valence-electron chi connectivity index (χ1n) is 4.77. The van der Waals surface area contributed by atoms with Gasteiger partial charge in [0.25, 0.3) is 10.1 Å². The highest BCUT2D eigenvalue weighted by atomic mass is 32.2. The Morgan fingerprint density at radius 1 is 1.31 bits per heavy atom. The third kappa shape index (κ3) is 4.27. The Balaban J connectivity index is 2.69. The number of hydrogen-bond acceptors (Lipinski definition) is 3. The van der Waals surface area contributed by atoms with Gasteiger partial charge in [0, 0.05) is 6.61 Å². The molecule has 0 aliphatic carbocycles. The fourth-order valence-electron chi connectivity index (χ4n) is 1.16. The van der Waals surface area contributed by atoms with E-state index in [2.05, 4.69) is 0 Å². The van der Waals surface area contributed by atoms with E-state index < -0.39 is 10.1 Å². The van der Waals surface area contributed by atoms with Crippen LogP contribution in [0.15, 0.2) is 35.2 Å². The van der Waals surface area contributed by atoms with Crippen LogP contribution in [0.3, 0.4) is 0 Å². The second-order valence-corrected chi connectivity index (χ2v) is 5.23. The van der Waals surface area contributed by atoms with Crippen molar-refractivity contribution in [3.05, 3.63) is 35.9 Å².